The molecule has 0 fully saturated rings. The van der Waals surface area contributed by atoms with Crippen LogP contribution < -0.4 is 4.74 Å². The molecule has 0 saturated heterocycles. The van der Waals surface area contributed by atoms with E-state index in [0.717, 1.165) is 18.8 Å². The standard InChI is InChI=1S/C21H29NOS/c1-18(2)17-22(24-21-14-12-20(23-3)13-15-21)16-8-7-11-19-9-5-4-6-10-19/h4-6,9-10,12-15,18H,7-8,11,16-17H2,1-3H3. The van der Waals surface area contributed by atoms with E-state index in [-0.39, 0.29) is 0 Å². The molecule has 0 atom stereocenters. The lowest BCUT2D eigenvalue weighted by Crippen LogP contribution is -2.22. The Balaban J connectivity index is 1.81. The molecule has 0 radical (unpaired) electrons. The van der Waals surface area contributed by atoms with E-state index in [1.165, 1.54) is 29.7 Å². The van der Waals surface area contributed by atoms with Crippen LogP contribution in [0.4, 0.5) is 0 Å². The van der Waals surface area contributed by atoms with Crippen LogP contribution in [-0.4, -0.2) is 24.5 Å². The van der Waals surface area contributed by atoms with Gasteiger partial charge in [0, 0.05) is 18.0 Å². The molecule has 3 heteroatoms. The topological polar surface area (TPSA) is 12.5 Å². The Morgan fingerprint density at radius 3 is 2.29 bits per heavy atom. The number of rotatable bonds is 10. The number of methoxy groups -OCH3 is 1. The van der Waals surface area contributed by atoms with E-state index in [1.54, 1.807) is 7.11 Å². The number of nitrogens with zero attached hydrogens (tertiary/aromatic N) is 1. The Morgan fingerprint density at radius 1 is 0.958 bits per heavy atom. The zero-order valence-electron chi connectivity index (χ0n) is 15.1. The highest BCUT2D eigenvalue weighted by Crippen LogP contribution is 2.26. The van der Waals surface area contributed by atoms with E-state index in [2.05, 4.69) is 60.6 Å². The van der Waals surface area contributed by atoms with Gasteiger partial charge < -0.3 is 4.74 Å². The minimum atomic E-state index is 0.671. The van der Waals surface area contributed by atoms with Crippen molar-refractivity contribution in [2.24, 2.45) is 5.92 Å². The van der Waals surface area contributed by atoms with Crippen LogP contribution in [0.25, 0.3) is 0 Å². The van der Waals surface area contributed by atoms with Gasteiger partial charge in [-0.15, -0.1) is 0 Å². The van der Waals surface area contributed by atoms with Crippen LogP contribution in [0.3, 0.4) is 0 Å². The summed E-state index contributed by atoms with van der Waals surface area (Å²) in [6, 6.07) is 19.1. The van der Waals surface area contributed by atoms with Gasteiger partial charge in [0.25, 0.3) is 0 Å². The van der Waals surface area contributed by atoms with Crippen molar-refractivity contribution < 1.29 is 4.74 Å². The second kappa shape index (κ2) is 10.4. The van der Waals surface area contributed by atoms with Crippen molar-refractivity contribution in [3.05, 3.63) is 60.2 Å². The average Bonchev–Trinajstić information content (AvgIpc) is 2.59. The molecule has 0 heterocycles. The SMILES string of the molecule is COc1ccc(SN(CCCCc2ccccc2)CC(C)C)cc1. The summed E-state index contributed by atoms with van der Waals surface area (Å²) in [5.74, 6) is 1.59. The molecule has 130 valence electrons. The monoisotopic (exact) mass is 343 g/mol. The smallest absolute Gasteiger partial charge is 0.118 e. The first-order chi connectivity index (χ1) is 11.7. The number of hydrogen-bond acceptors (Lipinski definition) is 3. The van der Waals surface area contributed by atoms with Crippen LogP contribution >= 0.6 is 11.9 Å². The maximum absolute atomic E-state index is 5.24. The molecular weight excluding hydrogens is 314 g/mol. The van der Waals surface area contributed by atoms with Crippen molar-refractivity contribution in [1.82, 2.24) is 4.31 Å². The summed E-state index contributed by atoms with van der Waals surface area (Å²) in [5.41, 5.74) is 1.44. The molecule has 0 aliphatic carbocycles. The van der Waals surface area contributed by atoms with E-state index in [1.807, 2.05) is 24.1 Å². The van der Waals surface area contributed by atoms with Gasteiger partial charge in [-0.25, -0.2) is 4.31 Å². The lowest BCUT2D eigenvalue weighted by atomic mass is 10.1. The summed E-state index contributed by atoms with van der Waals surface area (Å²) in [6.45, 7) is 6.81. The fourth-order valence-electron chi connectivity index (χ4n) is 2.63. The Labute approximate surface area is 151 Å². The van der Waals surface area contributed by atoms with Gasteiger partial charge in [-0.3, -0.25) is 0 Å². The molecule has 0 N–H and O–H groups in total. The Bertz CT molecular complexity index is 568. The summed E-state index contributed by atoms with van der Waals surface area (Å²) in [7, 11) is 1.71. The van der Waals surface area contributed by atoms with Gasteiger partial charge in [0.1, 0.15) is 5.75 Å². The summed E-state index contributed by atoms with van der Waals surface area (Å²) >= 11 is 1.86. The van der Waals surface area contributed by atoms with Crippen LogP contribution in [0.1, 0.15) is 32.3 Å². The molecule has 0 unspecified atom stereocenters. The molecule has 0 aliphatic rings. The minimum Gasteiger partial charge on any atom is -0.497 e. The van der Waals surface area contributed by atoms with Crippen LogP contribution in [0, 0.1) is 5.92 Å². The Morgan fingerprint density at radius 2 is 1.67 bits per heavy atom. The predicted octanol–water partition coefficient (Wildman–Crippen LogP) is 5.68. The van der Waals surface area contributed by atoms with Crippen LogP contribution in [0.5, 0.6) is 5.75 Å². The molecule has 24 heavy (non-hydrogen) atoms. The molecule has 0 spiro atoms. The van der Waals surface area contributed by atoms with Crippen molar-refractivity contribution in [2.75, 3.05) is 20.2 Å². The van der Waals surface area contributed by atoms with Gasteiger partial charge in [-0.1, -0.05) is 44.2 Å². The van der Waals surface area contributed by atoms with Crippen molar-refractivity contribution in [3.8, 4) is 5.75 Å². The van der Waals surface area contributed by atoms with Gasteiger partial charge in [0.2, 0.25) is 0 Å². The lowest BCUT2D eigenvalue weighted by Gasteiger charge is -2.23. The van der Waals surface area contributed by atoms with Crippen molar-refractivity contribution in [2.45, 2.75) is 38.0 Å². The van der Waals surface area contributed by atoms with E-state index < -0.39 is 0 Å². The van der Waals surface area contributed by atoms with E-state index in [4.69, 9.17) is 4.74 Å². The molecular formula is C21H29NOS. The third-order valence-corrected chi connectivity index (χ3v) is 4.90. The lowest BCUT2D eigenvalue weighted by molar-refractivity contribution is 0.396. The Kier molecular flexibility index (Phi) is 8.20. The molecule has 0 amide bonds. The maximum Gasteiger partial charge on any atom is 0.118 e. The number of aryl methyl sites for hydroxylation is 1. The second-order valence-corrected chi connectivity index (χ2v) is 7.66. The van der Waals surface area contributed by atoms with Crippen LogP contribution in [0.2, 0.25) is 0 Å². The summed E-state index contributed by atoms with van der Waals surface area (Å²) in [5, 5.41) is 0. The highest BCUT2D eigenvalue weighted by atomic mass is 32.2. The summed E-state index contributed by atoms with van der Waals surface area (Å²) in [6.07, 6.45) is 3.64. The Hall–Kier alpha value is -1.45. The molecule has 2 aromatic rings. The first-order valence-corrected chi connectivity index (χ1v) is 9.55. The highest BCUT2D eigenvalue weighted by molar-refractivity contribution is 7.97. The van der Waals surface area contributed by atoms with E-state index in [9.17, 15) is 0 Å². The van der Waals surface area contributed by atoms with Gasteiger partial charge >= 0.3 is 0 Å². The third-order valence-electron chi connectivity index (χ3n) is 3.83. The fourth-order valence-corrected chi connectivity index (χ4v) is 3.78. The molecule has 2 rings (SSSR count). The van der Waals surface area contributed by atoms with Crippen LogP contribution in [-0.2, 0) is 6.42 Å². The highest BCUT2D eigenvalue weighted by Gasteiger charge is 2.09. The quantitative estimate of drug-likeness (QED) is 0.406. The van der Waals surface area contributed by atoms with Gasteiger partial charge in [-0.05, 0) is 67.0 Å². The van der Waals surface area contributed by atoms with E-state index in [0.29, 0.717) is 5.92 Å². The first kappa shape index (κ1) is 18.9. The fraction of sp³-hybridized carbons (Fsp3) is 0.429. The van der Waals surface area contributed by atoms with Crippen molar-refractivity contribution in [3.63, 3.8) is 0 Å². The third kappa shape index (κ3) is 6.98. The first-order valence-electron chi connectivity index (χ1n) is 8.78. The summed E-state index contributed by atoms with van der Waals surface area (Å²) in [4.78, 5) is 1.28. The normalized spacial score (nSPS) is 11.2. The molecule has 2 nitrogen and oxygen atoms in total. The maximum atomic E-state index is 5.24. The second-order valence-electron chi connectivity index (χ2n) is 6.49. The molecule has 2 aromatic carbocycles. The molecule has 0 bridgehead atoms. The number of ether oxygens (including phenoxy) is 1. The van der Waals surface area contributed by atoms with Gasteiger partial charge in [-0.2, -0.15) is 0 Å². The zero-order chi connectivity index (χ0) is 17.2. The zero-order valence-corrected chi connectivity index (χ0v) is 15.9. The van der Waals surface area contributed by atoms with Crippen molar-refractivity contribution in [1.29, 1.82) is 0 Å². The number of benzene rings is 2. The summed E-state index contributed by atoms with van der Waals surface area (Å²) < 4.78 is 7.73. The van der Waals surface area contributed by atoms with Gasteiger partial charge in [0.15, 0.2) is 0 Å². The number of unbranched alkanes of at least 4 members (excludes halogenated alkanes) is 1. The molecule has 0 saturated carbocycles. The average molecular weight is 344 g/mol. The van der Waals surface area contributed by atoms with Gasteiger partial charge in [0.05, 0.1) is 7.11 Å². The van der Waals surface area contributed by atoms with Crippen molar-refractivity contribution >= 4 is 11.9 Å². The largest absolute Gasteiger partial charge is 0.497 e. The van der Waals surface area contributed by atoms with Crippen LogP contribution in [0.15, 0.2) is 59.5 Å². The van der Waals surface area contributed by atoms with E-state index >= 15 is 0 Å². The number of hydrogen-bond donors (Lipinski definition) is 0. The molecule has 0 aromatic heterocycles. The molecule has 0 aliphatic heterocycles. The predicted molar refractivity (Wildman–Crippen MR) is 105 cm³/mol. The minimum absolute atomic E-state index is 0.671.